The number of hydrogen-bond donors (Lipinski definition) is 1. The number of carbonyl (C=O) groups excluding carboxylic acids is 2. The fourth-order valence-corrected chi connectivity index (χ4v) is 7.78. The Morgan fingerprint density at radius 3 is 2.36 bits per heavy atom. The van der Waals surface area contributed by atoms with E-state index in [1.807, 2.05) is 23.1 Å². The Hall–Kier alpha value is -2.56. The van der Waals surface area contributed by atoms with E-state index in [0.29, 0.717) is 12.5 Å². The van der Waals surface area contributed by atoms with E-state index in [4.69, 9.17) is 4.74 Å². The second-order valence-electron chi connectivity index (χ2n) is 11.1. The summed E-state index contributed by atoms with van der Waals surface area (Å²) in [4.78, 5) is 29.0. The molecule has 0 unspecified atom stereocenters. The minimum atomic E-state index is -0.310. The third kappa shape index (κ3) is 3.70. The molecule has 1 aliphatic heterocycles. The number of benzene rings is 2. The number of methoxy groups -OCH3 is 1. The summed E-state index contributed by atoms with van der Waals surface area (Å²) in [6, 6.07) is 11.9. The van der Waals surface area contributed by atoms with E-state index in [1.165, 1.54) is 19.3 Å². The van der Waals surface area contributed by atoms with Gasteiger partial charge in [0.1, 0.15) is 11.8 Å². The van der Waals surface area contributed by atoms with Crippen LogP contribution < -0.4 is 10.1 Å². The largest absolute Gasteiger partial charge is 0.497 e. The highest BCUT2D eigenvalue weighted by Gasteiger charge is 2.56. The molecular weight excluding hydrogens is 412 g/mol. The van der Waals surface area contributed by atoms with Gasteiger partial charge in [0.2, 0.25) is 11.8 Å². The van der Waals surface area contributed by atoms with Crippen LogP contribution in [-0.2, 0) is 16.1 Å². The summed E-state index contributed by atoms with van der Waals surface area (Å²) in [6.45, 7) is 1.22. The number of ether oxygens (including phenoxy) is 1. The Labute approximate surface area is 195 Å². The molecule has 5 fully saturated rings. The number of carbonyl (C=O) groups is 2. The maximum absolute atomic E-state index is 13.8. The van der Waals surface area contributed by atoms with Gasteiger partial charge in [-0.3, -0.25) is 9.59 Å². The van der Waals surface area contributed by atoms with Gasteiger partial charge in [-0.15, -0.1) is 0 Å². The Balaban J connectivity index is 1.13. The first-order chi connectivity index (χ1) is 16.0. The average molecular weight is 447 g/mol. The summed E-state index contributed by atoms with van der Waals surface area (Å²) in [5, 5.41) is 5.37. The van der Waals surface area contributed by atoms with Crippen molar-refractivity contribution >= 4 is 22.6 Å². The maximum Gasteiger partial charge on any atom is 0.243 e. The summed E-state index contributed by atoms with van der Waals surface area (Å²) in [6.07, 6.45) is 8.87. The second kappa shape index (κ2) is 8.03. The lowest BCUT2D eigenvalue weighted by atomic mass is 9.49. The van der Waals surface area contributed by atoms with Gasteiger partial charge in [-0.1, -0.05) is 18.2 Å². The van der Waals surface area contributed by atoms with E-state index >= 15 is 0 Å². The normalized spacial score (nSPS) is 32.3. The Morgan fingerprint density at radius 2 is 1.67 bits per heavy atom. The first-order valence-corrected chi connectivity index (χ1v) is 12.7. The van der Waals surface area contributed by atoms with Crippen LogP contribution in [0.4, 0.5) is 0 Å². The van der Waals surface area contributed by atoms with Crippen molar-refractivity contribution < 1.29 is 14.3 Å². The van der Waals surface area contributed by atoms with Crippen molar-refractivity contribution in [1.82, 2.24) is 10.2 Å². The molecule has 0 aromatic heterocycles. The molecule has 33 heavy (non-hydrogen) atoms. The summed E-state index contributed by atoms with van der Waals surface area (Å²) in [5.41, 5.74) is 0.898. The monoisotopic (exact) mass is 446 g/mol. The first-order valence-electron chi connectivity index (χ1n) is 12.7. The molecule has 2 aromatic rings. The molecule has 7 rings (SSSR count). The van der Waals surface area contributed by atoms with Gasteiger partial charge in [0.25, 0.3) is 0 Å². The van der Waals surface area contributed by atoms with Gasteiger partial charge in [-0.2, -0.15) is 0 Å². The number of rotatable bonds is 5. The van der Waals surface area contributed by atoms with Crippen LogP contribution in [-0.4, -0.2) is 36.4 Å². The zero-order valence-electron chi connectivity index (χ0n) is 19.5. The van der Waals surface area contributed by atoms with Crippen molar-refractivity contribution in [2.24, 2.45) is 23.2 Å². The molecule has 1 heterocycles. The lowest BCUT2D eigenvalue weighted by Crippen LogP contribution is -2.57. The molecule has 1 saturated heterocycles. The highest BCUT2D eigenvalue weighted by Crippen LogP contribution is 2.60. The molecule has 1 N–H and O–H groups in total. The van der Waals surface area contributed by atoms with Crippen LogP contribution in [0.2, 0.25) is 0 Å². The number of nitrogens with zero attached hydrogens (tertiary/aromatic N) is 1. The molecule has 5 aliphatic rings. The van der Waals surface area contributed by atoms with Gasteiger partial charge >= 0.3 is 0 Å². The van der Waals surface area contributed by atoms with Crippen LogP contribution in [0.25, 0.3) is 10.8 Å². The molecule has 4 bridgehead atoms. The molecule has 5 heteroatoms. The van der Waals surface area contributed by atoms with Crippen LogP contribution >= 0.6 is 0 Å². The zero-order valence-corrected chi connectivity index (χ0v) is 19.5. The number of nitrogens with one attached hydrogen (secondary N) is 1. The van der Waals surface area contributed by atoms with Crippen LogP contribution in [0.3, 0.4) is 0 Å². The lowest BCUT2D eigenvalue weighted by molar-refractivity contribution is -0.160. The van der Waals surface area contributed by atoms with Gasteiger partial charge in [0, 0.05) is 13.1 Å². The Kier molecular flexibility index (Phi) is 5.11. The van der Waals surface area contributed by atoms with Crippen molar-refractivity contribution in [1.29, 1.82) is 0 Å². The molecule has 174 valence electrons. The predicted molar refractivity (Wildman–Crippen MR) is 128 cm³/mol. The van der Waals surface area contributed by atoms with Crippen LogP contribution in [0, 0.1) is 23.2 Å². The maximum atomic E-state index is 13.8. The van der Waals surface area contributed by atoms with Gasteiger partial charge < -0.3 is 15.0 Å². The minimum absolute atomic E-state index is 0.000376. The van der Waals surface area contributed by atoms with Crippen LogP contribution in [0.1, 0.15) is 56.9 Å². The molecule has 4 saturated carbocycles. The molecule has 2 amide bonds. The van der Waals surface area contributed by atoms with Crippen LogP contribution in [0.5, 0.6) is 5.75 Å². The van der Waals surface area contributed by atoms with E-state index in [9.17, 15) is 9.59 Å². The fraction of sp³-hybridized carbons (Fsp3) is 0.571. The molecule has 0 spiro atoms. The fourth-order valence-electron chi connectivity index (χ4n) is 7.78. The number of hydrogen-bond acceptors (Lipinski definition) is 3. The average Bonchev–Trinajstić information content (AvgIpc) is 3.30. The molecule has 1 atom stereocenters. The van der Waals surface area contributed by atoms with Gasteiger partial charge in [-0.05, 0) is 104 Å². The van der Waals surface area contributed by atoms with Gasteiger partial charge in [-0.25, -0.2) is 0 Å². The van der Waals surface area contributed by atoms with Crippen molar-refractivity contribution in [3.63, 3.8) is 0 Å². The van der Waals surface area contributed by atoms with Crippen LogP contribution in [0.15, 0.2) is 36.4 Å². The molecule has 5 nitrogen and oxygen atoms in total. The van der Waals surface area contributed by atoms with Crippen molar-refractivity contribution in [3.8, 4) is 5.75 Å². The molecular formula is C28H34N2O3. The minimum Gasteiger partial charge on any atom is -0.497 e. The van der Waals surface area contributed by atoms with Gasteiger partial charge in [0.05, 0.1) is 12.5 Å². The molecule has 2 aromatic carbocycles. The highest BCUT2D eigenvalue weighted by molar-refractivity contribution is 5.91. The summed E-state index contributed by atoms with van der Waals surface area (Å²) in [5.74, 6) is 3.35. The van der Waals surface area contributed by atoms with E-state index in [0.717, 1.165) is 78.5 Å². The Morgan fingerprint density at radius 1 is 1.00 bits per heavy atom. The Bertz CT molecular complexity index is 1060. The third-order valence-corrected chi connectivity index (χ3v) is 8.89. The van der Waals surface area contributed by atoms with Crippen molar-refractivity contribution in [3.05, 3.63) is 42.0 Å². The standard InChI is InChI=1S/C28H34N2O3/c1-33-24-7-6-22-12-18(4-5-23(22)13-24)17-29-26(31)25-3-2-8-30(25)27(32)28-14-19-9-20(15-28)11-21(10-19)16-28/h4-7,12-13,19-21,25H,2-3,8-11,14-17H2,1H3,(H,29,31)/t19?,20?,21?,25-,28?/m0/s1. The van der Waals surface area contributed by atoms with Crippen molar-refractivity contribution in [2.45, 2.75) is 64.0 Å². The van der Waals surface area contributed by atoms with E-state index in [-0.39, 0.29) is 17.4 Å². The molecule has 0 radical (unpaired) electrons. The summed E-state index contributed by atoms with van der Waals surface area (Å²) < 4.78 is 5.31. The molecule has 4 aliphatic carbocycles. The second-order valence-corrected chi connectivity index (χ2v) is 11.1. The predicted octanol–water partition coefficient (Wildman–Crippen LogP) is 4.67. The number of amides is 2. The van der Waals surface area contributed by atoms with E-state index in [2.05, 4.69) is 23.5 Å². The lowest BCUT2D eigenvalue weighted by Gasteiger charge is -2.56. The van der Waals surface area contributed by atoms with E-state index < -0.39 is 0 Å². The first kappa shape index (κ1) is 21.0. The summed E-state index contributed by atoms with van der Waals surface area (Å²) in [7, 11) is 1.67. The smallest absolute Gasteiger partial charge is 0.243 e. The summed E-state index contributed by atoms with van der Waals surface area (Å²) >= 11 is 0. The van der Waals surface area contributed by atoms with Gasteiger partial charge in [0.15, 0.2) is 0 Å². The zero-order chi connectivity index (χ0) is 22.6. The van der Waals surface area contributed by atoms with Crippen molar-refractivity contribution in [2.75, 3.05) is 13.7 Å². The third-order valence-electron chi connectivity index (χ3n) is 8.89. The number of likely N-dealkylation sites (tertiary alicyclic amines) is 1. The highest BCUT2D eigenvalue weighted by atomic mass is 16.5. The quantitative estimate of drug-likeness (QED) is 0.726. The SMILES string of the molecule is COc1ccc2cc(CNC(=O)[C@@H]3CCCN3C(=O)C34CC5CC(CC(C5)C3)C4)ccc2c1. The topological polar surface area (TPSA) is 58.6 Å². The van der Waals surface area contributed by atoms with E-state index in [1.54, 1.807) is 7.11 Å². The number of fused-ring (bicyclic) bond motifs is 1.